The van der Waals surface area contributed by atoms with Crippen LogP contribution in [-0.2, 0) is 0 Å². The van der Waals surface area contributed by atoms with Gasteiger partial charge in [-0.2, -0.15) is 4.68 Å². The Bertz CT molecular complexity index is 882. The highest BCUT2D eigenvalue weighted by Gasteiger charge is 2.52. The van der Waals surface area contributed by atoms with E-state index >= 15 is 0 Å². The second-order valence-electron chi connectivity index (χ2n) is 9.08. The largest absolute Gasteiger partial charge is 0.272 e. The summed E-state index contributed by atoms with van der Waals surface area (Å²) in [5.74, 6) is 1.88. The highest BCUT2D eigenvalue weighted by atomic mass is 16.2. The van der Waals surface area contributed by atoms with Crippen LogP contribution in [0.3, 0.4) is 0 Å². The Morgan fingerprint density at radius 1 is 1.23 bits per heavy atom. The average molecular weight is 351 g/mol. The maximum absolute atomic E-state index is 13.7. The first-order chi connectivity index (χ1) is 12.3. The van der Waals surface area contributed by atoms with E-state index in [4.69, 9.17) is 0 Å². The molecule has 4 heteroatoms. The van der Waals surface area contributed by atoms with Crippen LogP contribution in [0.4, 0.5) is 0 Å². The summed E-state index contributed by atoms with van der Waals surface area (Å²) in [5.41, 5.74) is 3.03. The zero-order chi connectivity index (χ0) is 18.6. The molecule has 0 spiro atoms. The molecule has 1 aromatic carbocycles. The van der Waals surface area contributed by atoms with E-state index in [-0.39, 0.29) is 23.2 Å². The normalized spacial score (nSPS) is 37.3. The standard InChI is InChI=1S/C22H29N3O/c1-13-10-14(2)20-19(16(4)15(3)12-22(20,5)11-13)21(26)25-18-9-7-6-8-17(18)23-24-25/h6-9,12-14,16,19-20H,10-11H2,1-5H3/t13-,14+,16+,19?,20+,22-/m0/s1. The molecule has 0 aliphatic heterocycles. The van der Waals surface area contributed by atoms with Crippen molar-refractivity contribution in [3.63, 3.8) is 0 Å². The van der Waals surface area contributed by atoms with E-state index in [1.165, 1.54) is 12.0 Å². The SMILES string of the molecule is CC1=C[C@]2(C)C[C@@H](C)C[C@@H](C)[C@@H]2C(C(=O)n2nnc3ccccc32)[C@@H]1C. The Hall–Kier alpha value is -1.97. The van der Waals surface area contributed by atoms with E-state index in [2.05, 4.69) is 51.0 Å². The van der Waals surface area contributed by atoms with Crippen molar-refractivity contribution in [1.82, 2.24) is 15.0 Å². The van der Waals surface area contributed by atoms with Crippen LogP contribution in [0.25, 0.3) is 11.0 Å². The van der Waals surface area contributed by atoms with Gasteiger partial charge in [0, 0.05) is 0 Å². The van der Waals surface area contributed by atoms with Crippen LogP contribution in [-0.4, -0.2) is 20.9 Å². The summed E-state index contributed by atoms with van der Waals surface area (Å²) in [4.78, 5) is 13.7. The molecule has 4 nitrogen and oxygen atoms in total. The fourth-order valence-electron chi connectivity index (χ4n) is 6.11. The number of para-hydroxylation sites is 1. The van der Waals surface area contributed by atoms with Crippen LogP contribution in [0.15, 0.2) is 35.9 Å². The molecule has 1 unspecified atom stereocenters. The molecule has 0 N–H and O–H groups in total. The molecule has 1 saturated carbocycles. The van der Waals surface area contributed by atoms with Crippen LogP contribution in [0.5, 0.6) is 0 Å². The van der Waals surface area contributed by atoms with Gasteiger partial charge in [-0.15, -0.1) is 5.10 Å². The zero-order valence-electron chi connectivity index (χ0n) is 16.4. The average Bonchev–Trinajstić information content (AvgIpc) is 2.99. The van der Waals surface area contributed by atoms with Crippen molar-refractivity contribution in [3.05, 3.63) is 35.9 Å². The highest BCUT2D eigenvalue weighted by molar-refractivity contribution is 5.90. The summed E-state index contributed by atoms with van der Waals surface area (Å²) in [7, 11) is 0. The topological polar surface area (TPSA) is 47.8 Å². The number of carbonyl (C=O) groups is 1. The Kier molecular flexibility index (Phi) is 4.05. The van der Waals surface area contributed by atoms with Gasteiger partial charge in [0.1, 0.15) is 5.52 Å². The molecule has 0 amide bonds. The number of hydrogen-bond donors (Lipinski definition) is 0. The summed E-state index contributed by atoms with van der Waals surface area (Å²) in [6.45, 7) is 11.4. The Balaban J connectivity index is 1.81. The first-order valence-electron chi connectivity index (χ1n) is 9.86. The van der Waals surface area contributed by atoms with Crippen LogP contribution < -0.4 is 0 Å². The molecular formula is C22H29N3O. The quantitative estimate of drug-likeness (QED) is 0.681. The third-order valence-corrected chi connectivity index (χ3v) is 6.98. The van der Waals surface area contributed by atoms with E-state index in [0.717, 1.165) is 17.5 Å². The van der Waals surface area contributed by atoms with Gasteiger partial charge in [0.15, 0.2) is 0 Å². The van der Waals surface area contributed by atoms with Crippen molar-refractivity contribution in [3.8, 4) is 0 Å². The molecule has 4 rings (SSSR count). The molecule has 138 valence electrons. The number of hydrogen-bond acceptors (Lipinski definition) is 3. The van der Waals surface area contributed by atoms with Gasteiger partial charge in [-0.25, -0.2) is 0 Å². The third kappa shape index (κ3) is 2.53. The zero-order valence-corrected chi connectivity index (χ0v) is 16.4. The van der Waals surface area contributed by atoms with Crippen molar-refractivity contribution in [2.24, 2.45) is 35.0 Å². The number of rotatable bonds is 1. The number of fused-ring (bicyclic) bond motifs is 2. The lowest BCUT2D eigenvalue weighted by Crippen LogP contribution is -2.50. The first kappa shape index (κ1) is 17.4. The maximum Gasteiger partial charge on any atom is 0.252 e. The molecule has 2 aliphatic rings. The monoisotopic (exact) mass is 351 g/mol. The van der Waals surface area contributed by atoms with Crippen molar-refractivity contribution < 1.29 is 4.79 Å². The van der Waals surface area contributed by atoms with Crippen molar-refractivity contribution in [2.45, 2.75) is 47.5 Å². The molecule has 0 bridgehead atoms. The van der Waals surface area contributed by atoms with Gasteiger partial charge in [0.25, 0.3) is 5.91 Å². The smallest absolute Gasteiger partial charge is 0.252 e. The van der Waals surface area contributed by atoms with E-state index < -0.39 is 0 Å². The molecule has 1 heterocycles. The van der Waals surface area contributed by atoms with E-state index in [1.54, 1.807) is 4.68 Å². The number of carbonyl (C=O) groups excluding carboxylic acids is 1. The maximum atomic E-state index is 13.7. The van der Waals surface area contributed by atoms with Crippen LogP contribution in [0.2, 0.25) is 0 Å². The van der Waals surface area contributed by atoms with Gasteiger partial charge < -0.3 is 0 Å². The Labute approximate surface area is 155 Å². The van der Waals surface area contributed by atoms with Crippen LogP contribution in [0, 0.1) is 35.0 Å². The second-order valence-corrected chi connectivity index (χ2v) is 9.08. The highest BCUT2D eigenvalue weighted by Crippen LogP contribution is 2.56. The fourth-order valence-corrected chi connectivity index (χ4v) is 6.11. The van der Waals surface area contributed by atoms with E-state index in [1.807, 2.05) is 24.3 Å². The molecule has 26 heavy (non-hydrogen) atoms. The first-order valence-corrected chi connectivity index (χ1v) is 9.86. The number of nitrogens with zero attached hydrogens (tertiary/aromatic N) is 3. The van der Waals surface area contributed by atoms with Gasteiger partial charge in [-0.05, 0) is 61.0 Å². The van der Waals surface area contributed by atoms with E-state index in [9.17, 15) is 4.79 Å². The van der Waals surface area contributed by atoms with Gasteiger partial charge in [0.2, 0.25) is 0 Å². The lowest BCUT2D eigenvalue weighted by molar-refractivity contribution is 0.00124. The Morgan fingerprint density at radius 3 is 2.73 bits per heavy atom. The van der Waals surface area contributed by atoms with Crippen molar-refractivity contribution >= 4 is 16.9 Å². The van der Waals surface area contributed by atoms with Crippen LogP contribution >= 0.6 is 0 Å². The fraction of sp³-hybridized carbons (Fsp3) is 0.591. The lowest BCUT2D eigenvalue weighted by Gasteiger charge is -2.53. The summed E-state index contributed by atoms with van der Waals surface area (Å²) < 4.78 is 1.56. The van der Waals surface area contributed by atoms with Crippen LogP contribution in [0.1, 0.15) is 52.3 Å². The molecular weight excluding hydrogens is 322 g/mol. The van der Waals surface area contributed by atoms with Gasteiger partial charge in [-0.1, -0.05) is 56.7 Å². The molecule has 0 radical (unpaired) electrons. The predicted octanol–water partition coefficient (Wildman–Crippen LogP) is 4.97. The minimum Gasteiger partial charge on any atom is -0.272 e. The molecule has 0 saturated heterocycles. The molecule has 2 aliphatic carbocycles. The van der Waals surface area contributed by atoms with Gasteiger partial charge in [0.05, 0.1) is 11.4 Å². The predicted molar refractivity (Wildman–Crippen MR) is 104 cm³/mol. The third-order valence-electron chi connectivity index (χ3n) is 6.98. The van der Waals surface area contributed by atoms with Crippen molar-refractivity contribution in [2.75, 3.05) is 0 Å². The molecule has 1 fully saturated rings. The summed E-state index contributed by atoms with van der Waals surface area (Å²) in [5, 5.41) is 8.44. The lowest BCUT2D eigenvalue weighted by atomic mass is 9.51. The summed E-state index contributed by atoms with van der Waals surface area (Å²) in [6.07, 6.45) is 4.83. The number of allylic oxidation sites excluding steroid dienone is 2. The molecule has 6 atom stereocenters. The number of benzene rings is 1. The summed E-state index contributed by atoms with van der Waals surface area (Å²) >= 11 is 0. The minimum atomic E-state index is -0.0439. The Morgan fingerprint density at radius 2 is 1.96 bits per heavy atom. The molecule has 1 aromatic heterocycles. The number of aromatic nitrogens is 3. The van der Waals surface area contributed by atoms with Gasteiger partial charge in [-0.3, -0.25) is 4.79 Å². The summed E-state index contributed by atoms with van der Waals surface area (Å²) in [6, 6.07) is 7.73. The van der Waals surface area contributed by atoms with Gasteiger partial charge >= 0.3 is 0 Å². The minimum absolute atomic E-state index is 0.0439. The van der Waals surface area contributed by atoms with E-state index in [0.29, 0.717) is 17.8 Å². The molecule has 2 aromatic rings. The second kappa shape index (κ2) is 6.04. The van der Waals surface area contributed by atoms with Crippen molar-refractivity contribution in [1.29, 1.82) is 0 Å².